The molecule has 0 aliphatic carbocycles. The maximum atomic E-state index is 5.85. The molecule has 0 atom stereocenters. The second-order valence-corrected chi connectivity index (χ2v) is 6.00. The van der Waals surface area contributed by atoms with Gasteiger partial charge in [0.1, 0.15) is 18.1 Å². The second kappa shape index (κ2) is 7.32. The topological polar surface area (TPSA) is 34.4 Å². The van der Waals surface area contributed by atoms with Crippen LogP contribution in [-0.2, 0) is 13.2 Å². The summed E-state index contributed by atoms with van der Waals surface area (Å²) in [5.41, 5.74) is 3.51. The van der Waals surface area contributed by atoms with Crippen molar-refractivity contribution in [2.75, 3.05) is 6.54 Å². The largest absolute Gasteiger partial charge is 0.485 e. The highest BCUT2D eigenvalue weighted by Crippen LogP contribution is 2.21. The molecule has 0 saturated carbocycles. The summed E-state index contributed by atoms with van der Waals surface area (Å²) in [7, 11) is 0. The van der Waals surface area contributed by atoms with E-state index in [0.29, 0.717) is 12.5 Å². The standard InChI is InChI=1S/C18H25NO2/c1-13(2)9-19-10-16-8-17(20-11-16)12-21-18-7-14(3)5-6-15(18)4/h5-8,11,13,19H,9-10,12H2,1-4H3. The fraction of sp³-hybridized carbons (Fsp3) is 0.444. The molecule has 0 saturated heterocycles. The number of rotatable bonds is 7. The van der Waals surface area contributed by atoms with Crippen molar-refractivity contribution in [1.29, 1.82) is 0 Å². The van der Waals surface area contributed by atoms with Gasteiger partial charge in [0.05, 0.1) is 6.26 Å². The van der Waals surface area contributed by atoms with Crippen molar-refractivity contribution in [2.45, 2.75) is 40.8 Å². The lowest BCUT2D eigenvalue weighted by molar-refractivity contribution is 0.268. The number of benzene rings is 1. The normalized spacial score (nSPS) is 11.1. The van der Waals surface area contributed by atoms with Crippen LogP contribution < -0.4 is 10.1 Å². The van der Waals surface area contributed by atoms with Crippen LogP contribution in [0.25, 0.3) is 0 Å². The molecule has 0 aliphatic heterocycles. The van der Waals surface area contributed by atoms with Gasteiger partial charge in [0.25, 0.3) is 0 Å². The second-order valence-electron chi connectivity index (χ2n) is 6.00. The summed E-state index contributed by atoms with van der Waals surface area (Å²) in [5, 5.41) is 3.40. The molecule has 21 heavy (non-hydrogen) atoms. The van der Waals surface area contributed by atoms with Crippen molar-refractivity contribution in [3.8, 4) is 5.75 Å². The van der Waals surface area contributed by atoms with Gasteiger partial charge in [-0.15, -0.1) is 0 Å². The maximum Gasteiger partial charge on any atom is 0.146 e. The molecule has 0 radical (unpaired) electrons. The fourth-order valence-electron chi connectivity index (χ4n) is 2.11. The summed E-state index contributed by atoms with van der Waals surface area (Å²) in [6.07, 6.45) is 1.80. The molecule has 2 aromatic rings. The minimum atomic E-state index is 0.467. The van der Waals surface area contributed by atoms with E-state index in [1.165, 1.54) is 5.56 Å². The van der Waals surface area contributed by atoms with Crippen LogP contribution >= 0.6 is 0 Å². The van der Waals surface area contributed by atoms with Crippen LogP contribution in [0.1, 0.15) is 36.3 Å². The molecule has 3 heteroatoms. The van der Waals surface area contributed by atoms with Crippen LogP contribution in [0, 0.1) is 19.8 Å². The van der Waals surface area contributed by atoms with Gasteiger partial charge in [-0.3, -0.25) is 0 Å². The molecule has 1 aromatic heterocycles. The van der Waals surface area contributed by atoms with Crippen molar-refractivity contribution >= 4 is 0 Å². The van der Waals surface area contributed by atoms with Gasteiger partial charge in [-0.25, -0.2) is 0 Å². The quantitative estimate of drug-likeness (QED) is 0.828. The average Bonchev–Trinajstić information content (AvgIpc) is 2.87. The van der Waals surface area contributed by atoms with Crippen molar-refractivity contribution in [3.63, 3.8) is 0 Å². The molecule has 1 N–H and O–H groups in total. The van der Waals surface area contributed by atoms with Crippen molar-refractivity contribution in [1.82, 2.24) is 5.32 Å². The first-order chi connectivity index (χ1) is 10.0. The highest BCUT2D eigenvalue weighted by Gasteiger charge is 2.05. The van der Waals surface area contributed by atoms with Crippen LogP contribution in [-0.4, -0.2) is 6.54 Å². The summed E-state index contributed by atoms with van der Waals surface area (Å²) in [6, 6.07) is 8.28. The van der Waals surface area contributed by atoms with E-state index in [1.54, 1.807) is 6.26 Å². The Bertz CT molecular complexity index is 572. The SMILES string of the molecule is Cc1ccc(C)c(OCc2cc(CNCC(C)C)co2)c1. The van der Waals surface area contributed by atoms with Crippen LogP contribution in [0.5, 0.6) is 5.75 Å². The molecule has 1 heterocycles. The van der Waals surface area contributed by atoms with E-state index in [1.807, 2.05) is 0 Å². The monoisotopic (exact) mass is 287 g/mol. The molecule has 0 unspecified atom stereocenters. The Labute approximate surface area is 127 Å². The molecular formula is C18H25NO2. The number of ether oxygens (including phenoxy) is 1. The van der Waals surface area contributed by atoms with Gasteiger partial charge < -0.3 is 14.5 Å². The number of aryl methyl sites for hydroxylation is 2. The maximum absolute atomic E-state index is 5.85. The smallest absolute Gasteiger partial charge is 0.146 e. The minimum Gasteiger partial charge on any atom is -0.485 e. The van der Waals surface area contributed by atoms with Gasteiger partial charge in [0.15, 0.2) is 0 Å². The molecule has 0 fully saturated rings. The van der Waals surface area contributed by atoms with E-state index in [4.69, 9.17) is 9.15 Å². The first-order valence-corrected chi connectivity index (χ1v) is 7.51. The number of furan rings is 1. The third kappa shape index (κ3) is 4.94. The van der Waals surface area contributed by atoms with Crippen molar-refractivity contribution in [2.24, 2.45) is 5.92 Å². The zero-order valence-electron chi connectivity index (χ0n) is 13.4. The van der Waals surface area contributed by atoms with Gasteiger partial charge in [-0.05, 0) is 49.6 Å². The highest BCUT2D eigenvalue weighted by atomic mass is 16.5. The molecule has 0 aliphatic rings. The average molecular weight is 287 g/mol. The summed E-state index contributed by atoms with van der Waals surface area (Å²) < 4.78 is 11.4. The Morgan fingerprint density at radius 1 is 1.19 bits per heavy atom. The van der Waals surface area contributed by atoms with E-state index in [0.717, 1.165) is 35.7 Å². The number of nitrogens with one attached hydrogen (secondary N) is 1. The van der Waals surface area contributed by atoms with E-state index >= 15 is 0 Å². The molecule has 2 rings (SSSR count). The van der Waals surface area contributed by atoms with Crippen molar-refractivity contribution < 1.29 is 9.15 Å². The van der Waals surface area contributed by atoms with Crippen LogP contribution in [0.3, 0.4) is 0 Å². The Kier molecular flexibility index (Phi) is 5.45. The molecular weight excluding hydrogens is 262 g/mol. The molecule has 0 bridgehead atoms. The van der Waals surface area contributed by atoms with E-state index < -0.39 is 0 Å². The van der Waals surface area contributed by atoms with Gasteiger partial charge in [0.2, 0.25) is 0 Å². The number of hydrogen-bond acceptors (Lipinski definition) is 3. The Hall–Kier alpha value is -1.74. The predicted molar refractivity (Wildman–Crippen MR) is 85.5 cm³/mol. The first-order valence-electron chi connectivity index (χ1n) is 7.51. The van der Waals surface area contributed by atoms with Crippen LogP contribution in [0.15, 0.2) is 34.9 Å². The van der Waals surface area contributed by atoms with Crippen molar-refractivity contribution in [3.05, 3.63) is 53.0 Å². The van der Waals surface area contributed by atoms with Gasteiger partial charge in [-0.1, -0.05) is 26.0 Å². The van der Waals surface area contributed by atoms with Crippen LogP contribution in [0.2, 0.25) is 0 Å². The molecule has 114 valence electrons. The van der Waals surface area contributed by atoms with E-state index in [-0.39, 0.29) is 0 Å². The molecule has 3 nitrogen and oxygen atoms in total. The Morgan fingerprint density at radius 2 is 2.00 bits per heavy atom. The zero-order chi connectivity index (χ0) is 15.2. The highest BCUT2D eigenvalue weighted by molar-refractivity contribution is 5.36. The Balaban J connectivity index is 1.86. The lowest BCUT2D eigenvalue weighted by Crippen LogP contribution is -2.18. The summed E-state index contributed by atoms with van der Waals surface area (Å²) in [5.74, 6) is 2.44. The summed E-state index contributed by atoms with van der Waals surface area (Å²) in [4.78, 5) is 0. The van der Waals surface area contributed by atoms with E-state index in [9.17, 15) is 0 Å². The first kappa shape index (κ1) is 15.6. The predicted octanol–water partition coefficient (Wildman–Crippen LogP) is 4.22. The lowest BCUT2D eigenvalue weighted by Gasteiger charge is -2.08. The van der Waals surface area contributed by atoms with E-state index in [2.05, 4.69) is 57.3 Å². The third-order valence-corrected chi connectivity index (χ3v) is 3.30. The fourth-order valence-corrected chi connectivity index (χ4v) is 2.11. The Morgan fingerprint density at radius 3 is 2.76 bits per heavy atom. The molecule has 0 amide bonds. The molecule has 0 spiro atoms. The zero-order valence-corrected chi connectivity index (χ0v) is 13.4. The van der Waals surface area contributed by atoms with Crippen LogP contribution in [0.4, 0.5) is 0 Å². The lowest BCUT2D eigenvalue weighted by atomic mass is 10.1. The number of hydrogen-bond donors (Lipinski definition) is 1. The minimum absolute atomic E-state index is 0.467. The summed E-state index contributed by atoms with van der Waals surface area (Å²) in [6.45, 7) is 10.8. The summed E-state index contributed by atoms with van der Waals surface area (Å²) >= 11 is 0. The van der Waals surface area contributed by atoms with Gasteiger partial charge in [0, 0.05) is 12.1 Å². The van der Waals surface area contributed by atoms with Gasteiger partial charge in [-0.2, -0.15) is 0 Å². The molecule has 1 aromatic carbocycles. The third-order valence-electron chi connectivity index (χ3n) is 3.30. The van der Waals surface area contributed by atoms with Gasteiger partial charge >= 0.3 is 0 Å².